The highest BCUT2D eigenvalue weighted by atomic mass is 16.3. The second-order valence-corrected chi connectivity index (χ2v) is 16.7. The number of carbonyl (C=O) groups is 3. The van der Waals surface area contributed by atoms with Gasteiger partial charge in [0.05, 0.1) is 51.7 Å². The first-order chi connectivity index (χ1) is 29.4. The Morgan fingerprint density at radius 3 is 1.19 bits per heavy atom. The zero-order valence-electron chi connectivity index (χ0n) is 37.9. The predicted octanol–water partition coefficient (Wildman–Crippen LogP) is 5.83. The maximum absolute atomic E-state index is 12.2. The number of nitrogens with zero attached hydrogens (tertiary/aromatic N) is 1. The first-order valence-corrected chi connectivity index (χ1v) is 20.5. The quantitative estimate of drug-likeness (QED) is 0.0667. The zero-order valence-corrected chi connectivity index (χ0v) is 37.9. The van der Waals surface area contributed by atoms with Gasteiger partial charge in [-0.15, -0.1) is 0 Å². The number of ketones is 2. The molecule has 4 rings (SSSR count). The Labute approximate surface area is 370 Å². The average Bonchev–Trinajstić information content (AvgIpc) is 3.24. The molecule has 0 radical (unpaired) electrons. The van der Waals surface area contributed by atoms with Crippen LogP contribution in [0.25, 0.3) is 0 Å². The van der Waals surface area contributed by atoms with Crippen LogP contribution in [0.4, 0.5) is 0 Å². The Bertz CT molecular complexity index is 2010. The number of aliphatic hydroxyl groups is 6. The number of aromatic hydroxyl groups is 4. The van der Waals surface area contributed by atoms with Crippen molar-refractivity contribution in [3.63, 3.8) is 0 Å². The molecular formula is C48H68N2O13. The third-order valence-electron chi connectivity index (χ3n) is 9.51. The molecule has 63 heavy (non-hydrogen) atoms. The van der Waals surface area contributed by atoms with Crippen LogP contribution in [-0.2, 0) is 31.2 Å². The summed E-state index contributed by atoms with van der Waals surface area (Å²) in [6.45, 7) is 15.8. The van der Waals surface area contributed by atoms with Crippen molar-refractivity contribution in [1.29, 1.82) is 0 Å². The van der Waals surface area contributed by atoms with Gasteiger partial charge in [0, 0.05) is 51.4 Å². The van der Waals surface area contributed by atoms with Crippen LogP contribution in [0, 0.1) is 0 Å². The minimum Gasteiger partial charge on any atom is -0.508 e. The molecule has 348 valence electrons. The highest BCUT2D eigenvalue weighted by Gasteiger charge is 2.26. The van der Waals surface area contributed by atoms with Crippen molar-refractivity contribution in [2.75, 3.05) is 13.1 Å². The third-order valence-corrected chi connectivity index (χ3v) is 9.51. The summed E-state index contributed by atoms with van der Waals surface area (Å²) in [5.41, 5.74) is 3.30. The van der Waals surface area contributed by atoms with E-state index in [9.17, 15) is 45.0 Å². The van der Waals surface area contributed by atoms with E-state index in [1.54, 1.807) is 30.3 Å². The van der Waals surface area contributed by atoms with Gasteiger partial charge in [-0.3, -0.25) is 14.4 Å². The molecule has 0 aliphatic heterocycles. The van der Waals surface area contributed by atoms with Crippen LogP contribution < -0.4 is 5.32 Å². The minimum absolute atomic E-state index is 0.00725. The van der Waals surface area contributed by atoms with Crippen LogP contribution in [-0.4, -0.2) is 97.6 Å². The number of rotatable bonds is 14. The Hall–Kier alpha value is -5.39. The van der Waals surface area contributed by atoms with E-state index >= 15 is 0 Å². The largest absolute Gasteiger partial charge is 0.508 e. The molecule has 1 amide bonds. The van der Waals surface area contributed by atoms with Crippen LogP contribution in [0.15, 0.2) is 72.8 Å². The maximum atomic E-state index is 12.2. The van der Waals surface area contributed by atoms with Gasteiger partial charge in [-0.25, -0.2) is 0 Å². The van der Waals surface area contributed by atoms with Gasteiger partial charge in [-0.05, 0) is 126 Å². The van der Waals surface area contributed by atoms with Crippen LogP contribution in [0.1, 0.15) is 141 Å². The van der Waals surface area contributed by atoms with Gasteiger partial charge in [0.1, 0.15) is 23.0 Å². The van der Waals surface area contributed by atoms with Gasteiger partial charge < -0.3 is 61.3 Å². The molecule has 15 nitrogen and oxygen atoms in total. The maximum Gasteiger partial charge on any atom is 0.220 e. The Morgan fingerprint density at radius 2 is 0.889 bits per heavy atom. The minimum atomic E-state index is -0.522. The molecule has 0 bridgehead atoms. The van der Waals surface area contributed by atoms with Crippen molar-refractivity contribution in [3.8, 4) is 23.0 Å². The van der Waals surface area contributed by atoms with E-state index < -0.39 is 17.7 Å². The molecular weight excluding hydrogens is 813 g/mol. The fraction of sp³-hybridized carbons (Fsp3) is 0.438. The predicted molar refractivity (Wildman–Crippen MR) is 240 cm³/mol. The lowest BCUT2D eigenvalue weighted by Crippen LogP contribution is -2.47. The molecule has 0 heterocycles. The van der Waals surface area contributed by atoms with E-state index in [0.29, 0.717) is 46.2 Å². The van der Waals surface area contributed by atoms with E-state index in [2.05, 4.69) is 5.32 Å². The SMILES string of the molecule is CC(=O)N(CC(=O)c1ccc(O)c(CO)c1)C(C)(C)C.CC(C)(C)NCC(=O)c1ccc(O)c(CO)c1.CC[C@H](O)c1ccc(O)c(CO)c1.CC[C@H](O)c1ccc(O)c(CO)c1. The first kappa shape index (κ1) is 55.6. The summed E-state index contributed by atoms with van der Waals surface area (Å²) >= 11 is 0. The number of amides is 1. The highest BCUT2D eigenvalue weighted by molar-refractivity contribution is 5.99. The van der Waals surface area contributed by atoms with Crippen molar-refractivity contribution in [2.24, 2.45) is 0 Å². The zero-order chi connectivity index (χ0) is 48.2. The first-order valence-electron chi connectivity index (χ1n) is 20.5. The standard InChI is InChI=1S/C15H21NO4.C13H19NO3.2C10H14O3/c1-10(18)16(15(2,3)4)8-14(20)11-5-6-13(19)12(7-11)9-17;1-13(2,3)14-7-12(17)9-4-5-11(16)10(6-9)8-15;2*1-2-9(12)7-3-4-10(13)8(5-7)6-11/h5-7,17,19H,8-9H2,1-4H3;4-6,14-16H,7-8H2,1-3H3;2*3-5,9,11-13H,2,6H2,1H3/t;;2*9-/m..00/s1. The summed E-state index contributed by atoms with van der Waals surface area (Å²) in [7, 11) is 0. The van der Waals surface area contributed by atoms with Crippen molar-refractivity contribution < 1.29 is 65.4 Å². The van der Waals surface area contributed by atoms with Gasteiger partial charge in [0.2, 0.25) is 5.91 Å². The monoisotopic (exact) mass is 880 g/mol. The lowest BCUT2D eigenvalue weighted by atomic mass is 10.0. The van der Waals surface area contributed by atoms with Crippen LogP contribution >= 0.6 is 0 Å². The van der Waals surface area contributed by atoms with E-state index in [4.69, 9.17) is 20.4 Å². The van der Waals surface area contributed by atoms with Gasteiger partial charge in [0.15, 0.2) is 11.6 Å². The molecule has 0 saturated heterocycles. The van der Waals surface area contributed by atoms with Crippen LogP contribution in [0.2, 0.25) is 0 Å². The molecule has 11 N–H and O–H groups in total. The van der Waals surface area contributed by atoms with E-state index in [0.717, 1.165) is 11.1 Å². The number of aliphatic hydroxyl groups excluding tert-OH is 6. The normalized spacial score (nSPS) is 12.0. The summed E-state index contributed by atoms with van der Waals surface area (Å²) in [4.78, 5) is 37.2. The molecule has 0 aliphatic rings. The van der Waals surface area contributed by atoms with Crippen molar-refractivity contribution >= 4 is 17.5 Å². The Kier molecular flexibility index (Phi) is 23.2. The smallest absolute Gasteiger partial charge is 0.220 e. The topological polar surface area (TPSA) is 269 Å². The summed E-state index contributed by atoms with van der Waals surface area (Å²) in [6.07, 6.45) is 0.197. The molecule has 0 spiro atoms. The summed E-state index contributed by atoms with van der Waals surface area (Å²) in [5, 5.41) is 95.2. The Balaban J connectivity index is 0.000000427. The molecule has 0 saturated carbocycles. The number of hydrogen-bond acceptors (Lipinski definition) is 14. The average molecular weight is 881 g/mol. The number of nitrogens with one attached hydrogen (secondary N) is 1. The Morgan fingerprint density at radius 1 is 0.556 bits per heavy atom. The molecule has 4 aromatic rings. The van der Waals surface area contributed by atoms with E-state index in [1.807, 2.05) is 55.4 Å². The molecule has 4 aromatic carbocycles. The number of carbonyl (C=O) groups excluding carboxylic acids is 3. The lowest BCUT2D eigenvalue weighted by Gasteiger charge is -2.34. The molecule has 0 aliphatic carbocycles. The molecule has 15 heteroatoms. The number of Topliss-reactive ketones (excluding diaryl/α,β-unsaturated/α-hetero) is 2. The molecule has 0 aromatic heterocycles. The van der Waals surface area contributed by atoms with Gasteiger partial charge in [-0.2, -0.15) is 0 Å². The molecule has 0 unspecified atom stereocenters. The van der Waals surface area contributed by atoms with Crippen molar-refractivity contribution in [1.82, 2.24) is 10.2 Å². The lowest BCUT2D eigenvalue weighted by molar-refractivity contribution is -0.132. The fourth-order valence-corrected chi connectivity index (χ4v) is 5.62. The van der Waals surface area contributed by atoms with E-state index in [-0.39, 0.29) is 85.5 Å². The van der Waals surface area contributed by atoms with Gasteiger partial charge in [-0.1, -0.05) is 26.0 Å². The van der Waals surface area contributed by atoms with Crippen molar-refractivity contribution in [2.45, 2.75) is 125 Å². The van der Waals surface area contributed by atoms with Crippen LogP contribution in [0.5, 0.6) is 23.0 Å². The van der Waals surface area contributed by atoms with Gasteiger partial charge in [0.25, 0.3) is 0 Å². The summed E-state index contributed by atoms with van der Waals surface area (Å²) in [6, 6.07) is 18.3. The summed E-state index contributed by atoms with van der Waals surface area (Å²) in [5.74, 6) is -0.383. The van der Waals surface area contributed by atoms with Crippen molar-refractivity contribution in [3.05, 3.63) is 117 Å². The molecule has 0 fully saturated rings. The van der Waals surface area contributed by atoms with Gasteiger partial charge >= 0.3 is 0 Å². The summed E-state index contributed by atoms with van der Waals surface area (Å²) < 4.78 is 0. The third kappa shape index (κ3) is 18.9. The molecule has 2 atom stereocenters. The van der Waals surface area contributed by atoms with E-state index in [1.165, 1.54) is 54.3 Å². The number of benzene rings is 4. The highest BCUT2D eigenvalue weighted by Crippen LogP contribution is 2.26. The second-order valence-electron chi connectivity index (χ2n) is 16.7. The number of hydrogen-bond donors (Lipinski definition) is 11. The second kappa shape index (κ2) is 26.3. The fourth-order valence-electron chi connectivity index (χ4n) is 5.62. The number of phenols is 4. The van der Waals surface area contributed by atoms with Crippen LogP contribution in [0.3, 0.4) is 0 Å².